The van der Waals surface area contributed by atoms with Gasteiger partial charge >= 0.3 is 0 Å². The zero-order valence-electron chi connectivity index (χ0n) is 10.4. The molecule has 1 aromatic rings. The Kier molecular flexibility index (Phi) is 4.35. The summed E-state index contributed by atoms with van der Waals surface area (Å²) in [6.07, 6.45) is 1.55. The van der Waals surface area contributed by atoms with E-state index in [4.69, 9.17) is 14.9 Å². The smallest absolute Gasteiger partial charge is 0.163 e. The molecule has 88 valence electrons. The Morgan fingerprint density at radius 3 is 2.38 bits per heavy atom. The van der Waals surface area contributed by atoms with Crippen molar-refractivity contribution in [3.05, 3.63) is 23.3 Å². The largest absolute Gasteiger partial charge is 0.493 e. The first kappa shape index (κ1) is 12.6. The summed E-state index contributed by atoms with van der Waals surface area (Å²) in [7, 11) is 3.29. The van der Waals surface area contributed by atoms with Gasteiger partial charge in [-0.05, 0) is 30.5 Å². The fourth-order valence-electron chi connectivity index (χ4n) is 1.78. The lowest BCUT2D eigenvalue weighted by Crippen LogP contribution is -2.01. The molecule has 16 heavy (non-hydrogen) atoms. The second-order valence-electron chi connectivity index (χ2n) is 3.80. The molecule has 0 saturated carbocycles. The van der Waals surface area contributed by atoms with Crippen LogP contribution in [0.2, 0.25) is 0 Å². The molecule has 0 atom stereocenters. The number of benzene rings is 1. The highest BCUT2D eigenvalue weighted by Crippen LogP contribution is 2.33. The SMILES string of the molecule is CCc1cc(CC(C)=N)cc(OC)c1OC. The van der Waals surface area contributed by atoms with Gasteiger partial charge in [0.15, 0.2) is 11.5 Å². The van der Waals surface area contributed by atoms with Gasteiger partial charge in [-0.25, -0.2) is 0 Å². The summed E-state index contributed by atoms with van der Waals surface area (Å²) in [6, 6.07) is 4.02. The molecule has 0 aliphatic rings. The van der Waals surface area contributed by atoms with Crippen LogP contribution in [-0.4, -0.2) is 19.9 Å². The Bertz CT molecular complexity index is 361. The summed E-state index contributed by atoms with van der Waals surface area (Å²) >= 11 is 0. The predicted octanol–water partition coefficient (Wildman–Crippen LogP) is 2.85. The number of rotatable bonds is 5. The van der Waals surface area contributed by atoms with Crippen molar-refractivity contribution in [3.63, 3.8) is 0 Å². The topological polar surface area (TPSA) is 42.3 Å². The molecule has 0 bridgehead atoms. The molecule has 3 nitrogen and oxygen atoms in total. The average Bonchev–Trinajstić information content (AvgIpc) is 2.26. The number of nitrogens with one attached hydrogen (secondary N) is 1. The molecule has 1 N–H and O–H groups in total. The lowest BCUT2D eigenvalue weighted by Gasteiger charge is -2.14. The van der Waals surface area contributed by atoms with Gasteiger partial charge in [-0.15, -0.1) is 0 Å². The van der Waals surface area contributed by atoms with Crippen LogP contribution >= 0.6 is 0 Å². The molecular formula is C13H19NO2. The standard InChI is InChI=1S/C13H19NO2/c1-5-11-7-10(6-9(2)14)8-12(15-3)13(11)16-4/h7-8,14H,5-6H2,1-4H3. The summed E-state index contributed by atoms with van der Waals surface area (Å²) in [6.45, 7) is 3.89. The van der Waals surface area contributed by atoms with Crippen LogP contribution in [0.5, 0.6) is 11.5 Å². The van der Waals surface area contributed by atoms with Crippen molar-refractivity contribution in [1.82, 2.24) is 0 Å². The molecular weight excluding hydrogens is 202 g/mol. The summed E-state index contributed by atoms with van der Waals surface area (Å²) in [5, 5.41) is 7.51. The number of hydrogen-bond donors (Lipinski definition) is 1. The Morgan fingerprint density at radius 1 is 1.25 bits per heavy atom. The van der Waals surface area contributed by atoms with E-state index in [1.807, 2.05) is 13.0 Å². The van der Waals surface area contributed by atoms with E-state index in [9.17, 15) is 0 Å². The Hall–Kier alpha value is -1.51. The highest BCUT2D eigenvalue weighted by atomic mass is 16.5. The molecule has 0 aliphatic heterocycles. The third-order valence-electron chi connectivity index (χ3n) is 2.47. The van der Waals surface area contributed by atoms with E-state index in [1.165, 1.54) is 0 Å². The monoisotopic (exact) mass is 221 g/mol. The highest BCUT2D eigenvalue weighted by molar-refractivity contribution is 5.81. The van der Waals surface area contributed by atoms with Crippen LogP contribution in [0.3, 0.4) is 0 Å². The highest BCUT2D eigenvalue weighted by Gasteiger charge is 2.11. The first-order valence-electron chi connectivity index (χ1n) is 5.40. The Labute approximate surface area is 96.9 Å². The Morgan fingerprint density at radius 2 is 1.94 bits per heavy atom. The molecule has 0 heterocycles. The van der Waals surface area contributed by atoms with Gasteiger partial charge in [0.2, 0.25) is 0 Å². The van der Waals surface area contributed by atoms with Gasteiger partial charge in [0, 0.05) is 12.1 Å². The average molecular weight is 221 g/mol. The third-order valence-corrected chi connectivity index (χ3v) is 2.47. The molecule has 3 heteroatoms. The van der Waals surface area contributed by atoms with Crippen molar-refractivity contribution in [2.75, 3.05) is 14.2 Å². The third kappa shape index (κ3) is 2.75. The maximum Gasteiger partial charge on any atom is 0.163 e. The van der Waals surface area contributed by atoms with Crippen molar-refractivity contribution < 1.29 is 9.47 Å². The zero-order chi connectivity index (χ0) is 12.1. The minimum Gasteiger partial charge on any atom is -0.493 e. The van der Waals surface area contributed by atoms with Crippen LogP contribution in [0.4, 0.5) is 0 Å². The van der Waals surface area contributed by atoms with Crippen molar-refractivity contribution in [3.8, 4) is 11.5 Å². The van der Waals surface area contributed by atoms with Gasteiger partial charge in [0.05, 0.1) is 14.2 Å². The van der Waals surface area contributed by atoms with Crippen molar-refractivity contribution in [2.24, 2.45) is 0 Å². The first-order valence-corrected chi connectivity index (χ1v) is 5.40. The second kappa shape index (κ2) is 5.54. The van der Waals surface area contributed by atoms with Crippen LogP contribution in [0, 0.1) is 5.41 Å². The van der Waals surface area contributed by atoms with Gasteiger partial charge < -0.3 is 14.9 Å². The van der Waals surface area contributed by atoms with E-state index in [2.05, 4.69) is 13.0 Å². The number of aryl methyl sites for hydroxylation is 1. The summed E-state index contributed by atoms with van der Waals surface area (Å²) in [5.74, 6) is 1.55. The van der Waals surface area contributed by atoms with Gasteiger partial charge in [-0.2, -0.15) is 0 Å². The molecule has 0 unspecified atom stereocenters. The van der Waals surface area contributed by atoms with Crippen molar-refractivity contribution >= 4 is 5.71 Å². The number of methoxy groups -OCH3 is 2. The molecule has 0 amide bonds. The fraction of sp³-hybridized carbons (Fsp3) is 0.462. The van der Waals surface area contributed by atoms with Crippen molar-refractivity contribution in [2.45, 2.75) is 26.7 Å². The van der Waals surface area contributed by atoms with Crippen LogP contribution in [0.1, 0.15) is 25.0 Å². The number of hydrogen-bond acceptors (Lipinski definition) is 3. The predicted molar refractivity (Wildman–Crippen MR) is 66.0 cm³/mol. The molecule has 0 saturated heterocycles. The fourth-order valence-corrected chi connectivity index (χ4v) is 1.78. The minimum absolute atomic E-state index is 0.647. The van der Waals surface area contributed by atoms with Gasteiger partial charge in [-0.3, -0.25) is 0 Å². The molecule has 0 fully saturated rings. The van der Waals surface area contributed by atoms with Gasteiger partial charge in [0.25, 0.3) is 0 Å². The van der Waals surface area contributed by atoms with E-state index in [0.29, 0.717) is 12.1 Å². The lowest BCUT2D eigenvalue weighted by atomic mass is 10.0. The molecule has 0 aliphatic carbocycles. The molecule has 1 rings (SSSR count). The van der Waals surface area contributed by atoms with Crippen LogP contribution in [-0.2, 0) is 12.8 Å². The summed E-state index contributed by atoms with van der Waals surface area (Å²) < 4.78 is 10.6. The normalized spacial score (nSPS) is 10.0. The molecule has 1 aromatic carbocycles. The van der Waals surface area contributed by atoms with E-state index in [1.54, 1.807) is 14.2 Å². The minimum atomic E-state index is 0.647. The van der Waals surface area contributed by atoms with Crippen LogP contribution < -0.4 is 9.47 Å². The van der Waals surface area contributed by atoms with E-state index >= 15 is 0 Å². The molecule has 0 radical (unpaired) electrons. The lowest BCUT2D eigenvalue weighted by molar-refractivity contribution is 0.351. The van der Waals surface area contributed by atoms with E-state index in [-0.39, 0.29) is 0 Å². The Balaban J connectivity index is 3.20. The van der Waals surface area contributed by atoms with E-state index < -0.39 is 0 Å². The maximum atomic E-state index is 7.51. The first-order chi connectivity index (χ1) is 7.62. The second-order valence-corrected chi connectivity index (χ2v) is 3.80. The number of ether oxygens (including phenoxy) is 2. The molecule has 0 aromatic heterocycles. The maximum absolute atomic E-state index is 7.51. The van der Waals surface area contributed by atoms with Crippen LogP contribution in [0.15, 0.2) is 12.1 Å². The van der Waals surface area contributed by atoms with Gasteiger partial charge in [0.1, 0.15) is 0 Å². The molecule has 0 spiro atoms. The van der Waals surface area contributed by atoms with Crippen molar-refractivity contribution in [1.29, 1.82) is 5.41 Å². The summed E-state index contributed by atoms with van der Waals surface area (Å²) in [4.78, 5) is 0. The zero-order valence-corrected chi connectivity index (χ0v) is 10.4. The van der Waals surface area contributed by atoms with E-state index in [0.717, 1.165) is 29.0 Å². The van der Waals surface area contributed by atoms with Gasteiger partial charge in [-0.1, -0.05) is 13.0 Å². The van der Waals surface area contributed by atoms with Crippen LogP contribution in [0.25, 0.3) is 0 Å². The quantitative estimate of drug-likeness (QED) is 0.777. The summed E-state index contributed by atoms with van der Waals surface area (Å²) in [5.41, 5.74) is 2.87.